The molecular formula is C14H27CuN4O5-3. The van der Waals surface area contributed by atoms with Crippen molar-refractivity contribution in [3.05, 3.63) is 16.0 Å². The van der Waals surface area contributed by atoms with Crippen molar-refractivity contribution in [3.63, 3.8) is 0 Å². The van der Waals surface area contributed by atoms with E-state index < -0.39 is 37.3 Å². The molecule has 10 heteroatoms. The third-order valence-electron chi connectivity index (χ3n) is 4.15. The molecule has 0 amide bonds. The summed E-state index contributed by atoms with van der Waals surface area (Å²) in [6.45, 7) is 4.47. The molecular weight excluding hydrogens is 368 g/mol. The van der Waals surface area contributed by atoms with Crippen LogP contribution in [-0.4, -0.2) is 115 Å². The van der Waals surface area contributed by atoms with E-state index in [9.17, 15) is 20.4 Å². The van der Waals surface area contributed by atoms with Crippen molar-refractivity contribution in [3.8, 4) is 0 Å². The Kier molecular flexibility index (Phi) is 10.8. The minimum absolute atomic E-state index is 0. The summed E-state index contributed by atoms with van der Waals surface area (Å²) in [7, 11) is 0. The van der Waals surface area contributed by atoms with E-state index >= 15 is 0 Å². The quantitative estimate of drug-likeness (QED) is 0.408. The predicted octanol–water partition coefficient (Wildman–Crippen LogP) is -1.78. The van der Waals surface area contributed by atoms with Crippen LogP contribution in [0.2, 0.25) is 0 Å². The van der Waals surface area contributed by atoms with Crippen molar-refractivity contribution in [1.29, 1.82) is 0 Å². The topological polar surface area (TPSA) is 136 Å². The van der Waals surface area contributed by atoms with Crippen LogP contribution < -0.4 is 0 Å². The number of aliphatic hydroxyl groups excluding tert-OH is 4. The van der Waals surface area contributed by atoms with Crippen molar-refractivity contribution in [2.75, 3.05) is 59.0 Å². The van der Waals surface area contributed by atoms with E-state index in [1.807, 2.05) is 4.90 Å². The molecule has 0 aliphatic carbocycles. The van der Waals surface area contributed by atoms with Gasteiger partial charge in [-0.15, -0.1) is 13.1 Å². The van der Waals surface area contributed by atoms with Crippen LogP contribution in [0.15, 0.2) is 0 Å². The summed E-state index contributed by atoms with van der Waals surface area (Å²) in [6, 6.07) is 0. The molecule has 147 valence electrons. The molecule has 2 unspecified atom stereocenters. The molecule has 5 atom stereocenters. The molecule has 9 nitrogen and oxygen atoms in total. The Morgan fingerprint density at radius 3 is 1.79 bits per heavy atom. The monoisotopic (exact) mass is 395 g/mol. The number of ether oxygens (including phenoxy) is 1. The summed E-state index contributed by atoms with van der Waals surface area (Å²) in [6.07, 6.45) is -5.65. The van der Waals surface area contributed by atoms with E-state index in [2.05, 4.69) is 16.0 Å². The molecule has 2 fully saturated rings. The largest absolute Gasteiger partial charge is 0.665 e. The normalized spacial score (nSPS) is 37.8. The van der Waals surface area contributed by atoms with Crippen molar-refractivity contribution in [2.45, 2.75) is 30.6 Å². The number of hydrogen-bond donors (Lipinski definition) is 4. The van der Waals surface area contributed by atoms with Gasteiger partial charge in [0.05, 0.1) is 6.61 Å². The zero-order valence-corrected chi connectivity index (χ0v) is 14.5. The number of aliphatic hydroxyl groups is 4. The molecule has 2 aliphatic rings. The van der Waals surface area contributed by atoms with Gasteiger partial charge in [0.1, 0.15) is 30.6 Å². The second-order valence-corrected chi connectivity index (χ2v) is 5.77. The molecule has 2 aliphatic heterocycles. The molecule has 0 bridgehead atoms. The predicted molar refractivity (Wildman–Crippen MR) is 84.6 cm³/mol. The first-order valence-corrected chi connectivity index (χ1v) is 8.09. The molecule has 0 spiro atoms. The van der Waals surface area contributed by atoms with Gasteiger partial charge in [0.25, 0.3) is 0 Å². The van der Waals surface area contributed by atoms with Gasteiger partial charge in [-0.25, -0.2) is 0 Å². The average Bonchev–Trinajstić information content (AvgIpc) is 2.54. The minimum atomic E-state index is -1.36. The Labute approximate surface area is 153 Å². The van der Waals surface area contributed by atoms with Crippen molar-refractivity contribution in [1.82, 2.24) is 4.90 Å². The third kappa shape index (κ3) is 6.15. The maximum Gasteiger partial charge on any atom is 0.139 e. The summed E-state index contributed by atoms with van der Waals surface area (Å²) < 4.78 is 5.61. The SMILES string of the molecule is OCC1O[C@@H](N2CC[N-]CC[N-]CC[N-]CC2)C(O)[C@@H](O)[C@@H]1O.[64Cu]. The van der Waals surface area contributed by atoms with Crippen LogP contribution in [0.5, 0.6) is 0 Å². The molecule has 0 aromatic rings. The van der Waals surface area contributed by atoms with Crippen LogP contribution in [0.1, 0.15) is 0 Å². The van der Waals surface area contributed by atoms with E-state index in [4.69, 9.17) is 4.74 Å². The first kappa shape index (κ1) is 22.2. The van der Waals surface area contributed by atoms with Gasteiger partial charge < -0.3 is 41.1 Å². The van der Waals surface area contributed by atoms with E-state index in [1.54, 1.807) is 0 Å². The van der Waals surface area contributed by atoms with E-state index in [1.165, 1.54) is 0 Å². The van der Waals surface area contributed by atoms with Crippen molar-refractivity contribution < 1.29 is 42.2 Å². The summed E-state index contributed by atoms with van der Waals surface area (Å²) in [5, 5.41) is 52.4. The van der Waals surface area contributed by atoms with Crippen LogP contribution in [0.4, 0.5) is 0 Å². The molecule has 4 N–H and O–H groups in total. The fraction of sp³-hybridized carbons (Fsp3) is 1.00. The van der Waals surface area contributed by atoms with Crippen LogP contribution in [0, 0.1) is 0 Å². The Balaban J connectivity index is 0.00000288. The molecule has 2 rings (SSSR count). The maximum absolute atomic E-state index is 10.2. The zero-order valence-electron chi connectivity index (χ0n) is 13.5. The molecule has 0 saturated carbocycles. The number of nitrogens with zero attached hydrogens (tertiary/aromatic N) is 4. The second kappa shape index (κ2) is 11.7. The number of rotatable bonds is 2. The van der Waals surface area contributed by atoms with Gasteiger partial charge in [-0.3, -0.25) is 4.90 Å². The summed E-state index contributed by atoms with van der Waals surface area (Å²) in [5.41, 5.74) is 0. The summed E-state index contributed by atoms with van der Waals surface area (Å²) in [4.78, 5) is 1.86. The maximum atomic E-state index is 10.2. The van der Waals surface area contributed by atoms with Crippen LogP contribution in [0.25, 0.3) is 16.0 Å². The molecule has 2 saturated heterocycles. The zero-order chi connectivity index (χ0) is 16.7. The first-order valence-electron chi connectivity index (χ1n) is 8.09. The summed E-state index contributed by atoms with van der Waals surface area (Å²) in [5.74, 6) is 0. The van der Waals surface area contributed by atoms with Gasteiger partial charge in [-0.05, 0) is 13.1 Å². The van der Waals surface area contributed by atoms with Gasteiger partial charge in [-0.2, -0.15) is 26.2 Å². The van der Waals surface area contributed by atoms with Gasteiger partial charge in [-0.1, -0.05) is 0 Å². The Morgan fingerprint density at radius 2 is 1.29 bits per heavy atom. The molecule has 2 heterocycles. The van der Waals surface area contributed by atoms with E-state index in [-0.39, 0.29) is 17.1 Å². The van der Waals surface area contributed by atoms with Crippen molar-refractivity contribution in [2.24, 2.45) is 0 Å². The molecule has 0 aromatic carbocycles. The Morgan fingerprint density at radius 1 is 0.792 bits per heavy atom. The summed E-state index contributed by atoms with van der Waals surface area (Å²) >= 11 is 0. The second-order valence-electron chi connectivity index (χ2n) is 5.77. The molecule has 24 heavy (non-hydrogen) atoms. The van der Waals surface area contributed by atoms with Gasteiger partial charge in [0, 0.05) is 17.1 Å². The molecule has 0 aromatic heterocycles. The van der Waals surface area contributed by atoms with Gasteiger partial charge in [0.15, 0.2) is 0 Å². The third-order valence-corrected chi connectivity index (χ3v) is 4.15. The van der Waals surface area contributed by atoms with E-state index in [0.29, 0.717) is 52.4 Å². The Hall–Kier alpha value is 0.159. The van der Waals surface area contributed by atoms with E-state index in [0.717, 1.165) is 0 Å². The van der Waals surface area contributed by atoms with Crippen molar-refractivity contribution >= 4 is 0 Å². The molecule has 1 radical (unpaired) electrons. The fourth-order valence-electron chi connectivity index (χ4n) is 2.77. The first-order chi connectivity index (χ1) is 11.1. The number of hydrogen-bond acceptors (Lipinski definition) is 6. The van der Waals surface area contributed by atoms with Crippen LogP contribution >= 0.6 is 0 Å². The van der Waals surface area contributed by atoms with Crippen LogP contribution in [-0.2, 0) is 21.8 Å². The fourth-order valence-corrected chi connectivity index (χ4v) is 2.77. The minimum Gasteiger partial charge on any atom is -0.665 e. The smallest absolute Gasteiger partial charge is 0.139 e. The van der Waals surface area contributed by atoms with Gasteiger partial charge >= 0.3 is 0 Å². The van der Waals surface area contributed by atoms with Crippen LogP contribution in [0.3, 0.4) is 0 Å². The average molecular weight is 395 g/mol. The van der Waals surface area contributed by atoms with Gasteiger partial charge in [0.2, 0.25) is 0 Å². The Bertz CT molecular complexity index is 330. The standard InChI is InChI=1S/C14H27N4O5.Cu/c19-9-10-11(20)12(21)13(22)14(23-10)18-7-5-16-3-1-15-2-4-17-6-8-18;/h10-14,19-22H,1-9H2;/q-3;/t10?,11-,12+,13?,14-;/m1./s1/i;1+0.